The predicted molar refractivity (Wildman–Crippen MR) is 105 cm³/mol. The number of hydrogen-bond donors (Lipinski definition) is 1. The molecule has 27 heavy (non-hydrogen) atoms. The van der Waals surface area contributed by atoms with E-state index in [0.29, 0.717) is 11.9 Å². The van der Waals surface area contributed by atoms with Crippen molar-refractivity contribution in [3.8, 4) is 0 Å². The highest BCUT2D eigenvalue weighted by Gasteiger charge is 2.48. The van der Waals surface area contributed by atoms with Crippen LogP contribution in [0.2, 0.25) is 0 Å². The molecule has 4 rings (SSSR count). The molecule has 0 aliphatic heterocycles. The molecule has 6 heteroatoms. The molecule has 0 unspecified atom stereocenters. The number of aromatic nitrogens is 2. The maximum Gasteiger partial charge on any atom is 0.267 e. The zero-order valence-corrected chi connectivity index (χ0v) is 16.1. The first kappa shape index (κ1) is 17.8. The van der Waals surface area contributed by atoms with Crippen molar-refractivity contribution >= 4 is 11.9 Å². The van der Waals surface area contributed by atoms with Crippen molar-refractivity contribution in [2.75, 3.05) is 19.0 Å². The molecule has 2 saturated carbocycles. The second-order valence-corrected chi connectivity index (χ2v) is 8.41. The fourth-order valence-electron chi connectivity index (χ4n) is 3.86. The summed E-state index contributed by atoms with van der Waals surface area (Å²) in [5, 5.41) is 0. The third kappa shape index (κ3) is 3.24. The molecular weight excluding hydrogens is 340 g/mol. The monoisotopic (exact) mass is 366 g/mol. The van der Waals surface area contributed by atoms with E-state index in [4.69, 9.17) is 5.73 Å². The van der Waals surface area contributed by atoms with Crippen LogP contribution in [0.15, 0.2) is 35.1 Å². The van der Waals surface area contributed by atoms with Crippen LogP contribution < -0.4 is 16.2 Å². The van der Waals surface area contributed by atoms with Gasteiger partial charge in [-0.15, -0.1) is 0 Å². The van der Waals surface area contributed by atoms with Gasteiger partial charge in [0.25, 0.3) is 11.5 Å². The molecule has 6 nitrogen and oxygen atoms in total. The second kappa shape index (κ2) is 6.22. The first-order valence-corrected chi connectivity index (χ1v) is 9.51. The number of nitrogens with two attached hydrogens (primary N) is 1. The Kier molecular flexibility index (Phi) is 4.09. The predicted octanol–water partition coefficient (Wildman–Crippen LogP) is 2.68. The van der Waals surface area contributed by atoms with Crippen molar-refractivity contribution in [3.63, 3.8) is 0 Å². The maximum atomic E-state index is 13.0. The van der Waals surface area contributed by atoms with Crippen LogP contribution in [0, 0.1) is 5.41 Å². The zero-order valence-electron chi connectivity index (χ0n) is 16.1. The van der Waals surface area contributed by atoms with E-state index in [9.17, 15) is 9.59 Å². The van der Waals surface area contributed by atoms with Crippen LogP contribution in [0.3, 0.4) is 0 Å². The van der Waals surface area contributed by atoms with E-state index in [-0.39, 0.29) is 22.7 Å². The van der Waals surface area contributed by atoms with Crippen LogP contribution in [-0.2, 0) is 0 Å². The molecule has 1 atom stereocenters. The lowest BCUT2D eigenvalue weighted by molar-refractivity contribution is 0.0995. The Morgan fingerprint density at radius 2 is 1.89 bits per heavy atom. The Hall–Kier alpha value is -2.63. The summed E-state index contributed by atoms with van der Waals surface area (Å²) in [5.41, 5.74) is 7.62. The summed E-state index contributed by atoms with van der Waals surface area (Å²) in [6, 6.07) is 9.82. The van der Waals surface area contributed by atoms with Crippen molar-refractivity contribution in [2.45, 2.75) is 44.6 Å². The summed E-state index contributed by atoms with van der Waals surface area (Å²) in [4.78, 5) is 30.8. The molecule has 142 valence electrons. The molecular formula is C21H26N4O2. The standard InChI is InChI=1S/C21H26N4O2/c1-21(10-11-21)18(15-8-6-14(7-9-15)13-4-5-13)25-17(26)12-16(19(22)27)23-20(25)24(2)3/h6-9,12-13,18H,4-5,10-11H2,1-3H3,(H2,22,27)/t18-/m0/s1. The Labute approximate surface area is 159 Å². The van der Waals surface area contributed by atoms with Crippen molar-refractivity contribution < 1.29 is 4.79 Å². The van der Waals surface area contributed by atoms with Crippen molar-refractivity contribution in [1.29, 1.82) is 0 Å². The SMILES string of the molecule is CN(C)c1nc(C(N)=O)cc(=O)n1[C@@H](c1ccc(C2CC2)cc1)C1(C)CC1. The largest absolute Gasteiger partial charge is 0.364 e. The smallest absolute Gasteiger partial charge is 0.267 e. The van der Waals surface area contributed by atoms with E-state index >= 15 is 0 Å². The van der Waals surface area contributed by atoms with Gasteiger partial charge in [-0.3, -0.25) is 14.2 Å². The molecule has 2 N–H and O–H groups in total. The van der Waals surface area contributed by atoms with Gasteiger partial charge in [0.1, 0.15) is 5.69 Å². The number of rotatable bonds is 6. The average Bonchev–Trinajstić information content (AvgIpc) is 3.53. The van der Waals surface area contributed by atoms with Gasteiger partial charge in [0.05, 0.1) is 6.04 Å². The molecule has 2 aliphatic carbocycles. The number of carbonyl (C=O) groups excluding carboxylic acids is 1. The Balaban J connectivity index is 1.86. The summed E-state index contributed by atoms with van der Waals surface area (Å²) < 4.78 is 1.73. The number of anilines is 1. The van der Waals surface area contributed by atoms with Crippen LogP contribution in [-0.4, -0.2) is 29.6 Å². The molecule has 2 aromatic rings. The first-order valence-electron chi connectivity index (χ1n) is 9.51. The summed E-state index contributed by atoms with van der Waals surface area (Å²) in [6.45, 7) is 2.21. The van der Waals surface area contributed by atoms with E-state index in [1.54, 1.807) is 9.47 Å². The molecule has 0 spiro atoms. The van der Waals surface area contributed by atoms with Crippen LogP contribution in [0.25, 0.3) is 0 Å². The van der Waals surface area contributed by atoms with Crippen molar-refractivity contribution in [1.82, 2.24) is 9.55 Å². The van der Waals surface area contributed by atoms with Gasteiger partial charge < -0.3 is 10.6 Å². The van der Waals surface area contributed by atoms with E-state index in [1.165, 1.54) is 24.5 Å². The quantitative estimate of drug-likeness (QED) is 0.852. The second-order valence-electron chi connectivity index (χ2n) is 8.41. The fraction of sp³-hybridized carbons (Fsp3) is 0.476. The first-order chi connectivity index (χ1) is 12.8. The minimum absolute atomic E-state index is 0.00345. The molecule has 1 aromatic carbocycles. The highest BCUT2D eigenvalue weighted by atomic mass is 16.1. The van der Waals surface area contributed by atoms with Gasteiger partial charge >= 0.3 is 0 Å². The van der Waals surface area contributed by atoms with E-state index in [2.05, 4.69) is 36.2 Å². The van der Waals surface area contributed by atoms with Crippen LogP contribution >= 0.6 is 0 Å². The van der Waals surface area contributed by atoms with Crippen molar-refractivity contribution in [2.24, 2.45) is 11.1 Å². The summed E-state index contributed by atoms with van der Waals surface area (Å²) >= 11 is 0. The number of hydrogen-bond acceptors (Lipinski definition) is 4. The molecule has 1 heterocycles. The van der Waals surface area contributed by atoms with Gasteiger partial charge in [0.15, 0.2) is 0 Å². The summed E-state index contributed by atoms with van der Waals surface area (Å²) in [7, 11) is 3.65. The normalized spacial score (nSPS) is 18.8. The highest BCUT2D eigenvalue weighted by Crippen LogP contribution is 2.56. The molecule has 0 radical (unpaired) electrons. The average molecular weight is 366 g/mol. The van der Waals surface area contributed by atoms with Gasteiger partial charge in [-0.1, -0.05) is 31.2 Å². The number of benzene rings is 1. The van der Waals surface area contributed by atoms with Crippen molar-refractivity contribution in [3.05, 3.63) is 57.5 Å². The third-order valence-corrected chi connectivity index (χ3v) is 5.84. The third-order valence-electron chi connectivity index (χ3n) is 5.84. The lowest BCUT2D eigenvalue weighted by atomic mass is 9.90. The zero-order chi connectivity index (χ0) is 19.3. The molecule has 0 bridgehead atoms. The Morgan fingerprint density at radius 3 is 2.37 bits per heavy atom. The molecule has 2 aliphatic rings. The number of primary amides is 1. The van der Waals surface area contributed by atoms with Gasteiger partial charge in [0.2, 0.25) is 5.95 Å². The van der Waals surface area contributed by atoms with Gasteiger partial charge in [-0.25, -0.2) is 4.98 Å². The summed E-state index contributed by atoms with van der Waals surface area (Å²) in [6.07, 6.45) is 4.64. The van der Waals surface area contributed by atoms with E-state index < -0.39 is 5.91 Å². The molecule has 2 fully saturated rings. The lowest BCUT2D eigenvalue weighted by Crippen LogP contribution is -2.36. The summed E-state index contributed by atoms with van der Waals surface area (Å²) in [5.74, 6) is 0.469. The van der Waals surface area contributed by atoms with Gasteiger partial charge in [-0.2, -0.15) is 0 Å². The van der Waals surface area contributed by atoms with E-state index in [0.717, 1.165) is 18.4 Å². The topological polar surface area (TPSA) is 81.2 Å². The number of carbonyl (C=O) groups is 1. The van der Waals surface area contributed by atoms with Gasteiger partial charge in [0, 0.05) is 20.2 Å². The van der Waals surface area contributed by atoms with Gasteiger partial charge in [-0.05, 0) is 48.1 Å². The minimum Gasteiger partial charge on any atom is -0.364 e. The number of nitrogens with zero attached hydrogens (tertiary/aromatic N) is 3. The maximum absolute atomic E-state index is 13.0. The fourth-order valence-corrected chi connectivity index (χ4v) is 3.86. The molecule has 0 saturated heterocycles. The van der Waals surface area contributed by atoms with Crippen LogP contribution in [0.1, 0.15) is 66.2 Å². The van der Waals surface area contributed by atoms with E-state index in [1.807, 2.05) is 14.1 Å². The molecule has 1 aromatic heterocycles. The minimum atomic E-state index is -0.690. The molecule has 1 amide bonds. The number of amides is 1. The Bertz CT molecular complexity index is 938. The lowest BCUT2D eigenvalue weighted by Gasteiger charge is -2.30. The van der Waals surface area contributed by atoms with Crippen LogP contribution in [0.4, 0.5) is 5.95 Å². The van der Waals surface area contributed by atoms with Crippen LogP contribution in [0.5, 0.6) is 0 Å². The highest BCUT2D eigenvalue weighted by molar-refractivity contribution is 5.90. The Morgan fingerprint density at radius 1 is 1.26 bits per heavy atom.